The SMILES string of the molecule is Cc1ccccc1C(CC(=O)NNC(=O)CC12CC3CC(CC(C3)C1)C2)NC(N)=O. The second kappa shape index (κ2) is 8.28. The largest absolute Gasteiger partial charge is 0.352 e. The average molecular weight is 413 g/mol. The number of hydrogen-bond acceptors (Lipinski definition) is 3. The second-order valence-corrected chi connectivity index (χ2v) is 9.81. The Hall–Kier alpha value is -2.57. The number of rotatable bonds is 6. The third-order valence-corrected chi connectivity index (χ3v) is 7.31. The Kier molecular flexibility index (Phi) is 5.71. The molecule has 4 bridgehead atoms. The van der Waals surface area contributed by atoms with Gasteiger partial charge in [0.25, 0.3) is 0 Å². The Bertz CT molecular complexity index is 802. The molecule has 162 valence electrons. The number of primary amides is 1. The lowest BCUT2D eigenvalue weighted by atomic mass is 9.49. The van der Waals surface area contributed by atoms with Gasteiger partial charge in [-0.15, -0.1) is 0 Å². The fourth-order valence-electron chi connectivity index (χ4n) is 6.66. The first-order valence-corrected chi connectivity index (χ1v) is 11.0. The van der Waals surface area contributed by atoms with E-state index >= 15 is 0 Å². The summed E-state index contributed by atoms with van der Waals surface area (Å²) in [6.07, 6.45) is 7.94. The monoisotopic (exact) mass is 412 g/mol. The molecule has 5 rings (SSSR count). The molecule has 0 spiro atoms. The summed E-state index contributed by atoms with van der Waals surface area (Å²) in [5.74, 6) is 1.87. The van der Waals surface area contributed by atoms with Crippen molar-refractivity contribution in [3.8, 4) is 0 Å². The van der Waals surface area contributed by atoms with Gasteiger partial charge in [0.15, 0.2) is 0 Å². The van der Waals surface area contributed by atoms with Crippen molar-refractivity contribution in [2.45, 2.75) is 64.3 Å². The number of carbonyl (C=O) groups excluding carboxylic acids is 3. The van der Waals surface area contributed by atoms with Crippen LogP contribution in [-0.4, -0.2) is 17.8 Å². The number of carbonyl (C=O) groups is 3. The van der Waals surface area contributed by atoms with Crippen LogP contribution in [-0.2, 0) is 9.59 Å². The first kappa shape index (κ1) is 20.7. The molecule has 30 heavy (non-hydrogen) atoms. The molecule has 4 saturated carbocycles. The molecule has 0 aromatic heterocycles. The normalized spacial score (nSPS) is 29.8. The van der Waals surface area contributed by atoms with E-state index in [0.717, 1.165) is 48.1 Å². The first-order valence-electron chi connectivity index (χ1n) is 11.0. The Morgan fingerprint density at radius 1 is 1.00 bits per heavy atom. The van der Waals surface area contributed by atoms with E-state index in [4.69, 9.17) is 5.73 Å². The molecule has 0 radical (unpaired) electrons. The number of hydrazine groups is 1. The molecule has 0 heterocycles. The molecule has 1 aromatic carbocycles. The molecular formula is C23H32N4O3. The third-order valence-electron chi connectivity index (χ3n) is 7.31. The number of nitrogens with one attached hydrogen (secondary N) is 3. The van der Waals surface area contributed by atoms with Crippen LogP contribution in [0.15, 0.2) is 24.3 Å². The minimum absolute atomic E-state index is 0.00849. The van der Waals surface area contributed by atoms with Crippen molar-refractivity contribution in [1.29, 1.82) is 0 Å². The Labute approximate surface area is 177 Å². The van der Waals surface area contributed by atoms with Crippen molar-refractivity contribution >= 4 is 17.8 Å². The van der Waals surface area contributed by atoms with E-state index in [1.165, 1.54) is 19.3 Å². The van der Waals surface area contributed by atoms with Crippen LogP contribution in [0.2, 0.25) is 0 Å². The van der Waals surface area contributed by atoms with Crippen LogP contribution < -0.4 is 21.9 Å². The summed E-state index contributed by atoms with van der Waals surface area (Å²) in [5, 5.41) is 2.62. The Morgan fingerprint density at radius 3 is 2.13 bits per heavy atom. The number of nitrogens with two attached hydrogens (primary N) is 1. The van der Waals surface area contributed by atoms with E-state index in [-0.39, 0.29) is 23.7 Å². The maximum Gasteiger partial charge on any atom is 0.312 e. The van der Waals surface area contributed by atoms with Gasteiger partial charge in [0.1, 0.15) is 0 Å². The molecule has 7 nitrogen and oxygen atoms in total. The molecule has 4 fully saturated rings. The highest BCUT2D eigenvalue weighted by molar-refractivity contribution is 5.83. The quantitative estimate of drug-likeness (QED) is 0.539. The predicted molar refractivity (Wildman–Crippen MR) is 113 cm³/mol. The van der Waals surface area contributed by atoms with E-state index in [1.807, 2.05) is 31.2 Å². The number of amides is 4. The van der Waals surface area contributed by atoms with Gasteiger partial charge in [0.05, 0.1) is 12.5 Å². The van der Waals surface area contributed by atoms with E-state index in [2.05, 4.69) is 16.2 Å². The minimum Gasteiger partial charge on any atom is -0.352 e. The maximum atomic E-state index is 12.6. The fraction of sp³-hybridized carbons (Fsp3) is 0.609. The molecule has 7 heteroatoms. The molecular weight excluding hydrogens is 380 g/mol. The lowest BCUT2D eigenvalue weighted by Gasteiger charge is -2.56. The van der Waals surface area contributed by atoms with Crippen LogP contribution in [0.3, 0.4) is 0 Å². The Balaban J connectivity index is 1.31. The van der Waals surface area contributed by atoms with Crippen LogP contribution in [0, 0.1) is 30.1 Å². The highest BCUT2D eigenvalue weighted by atomic mass is 16.2. The van der Waals surface area contributed by atoms with Crippen LogP contribution in [0.25, 0.3) is 0 Å². The number of benzene rings is 1. The van der Waals surface area contributed by atoms with Gasteiger partial charge in [0, 0.05) is 6.42 Å². The summed E-state index contributed by atoms with van der Waals surface area (Å²) in [5.41, 5.74) is 12.3. The average Bonchev–Trinajstić information content (AvgIpc) is 2.64. The van der Waals surface area contributed by atoms with Gasteiger partial charge in [-0.05, 0) is 79.7 Å². The number of hydrogen-bond donors (Lipinski definition) is 4. The molecule has 1 aromatic rings. The molecule has 4 aliphatic carbocycles. The number of aryl methyl sites for hydroxylation is 1. The fourth-order valence-corrected chi connectivity index (χ4v) is 6.66. The van der Waals surface area contributed by atoms with E-state index in [1.54, 1.807) is 0 Å². The predicted octanol–water partition coefficient (Wildman–Crippen LogP) is 2.85. The van der Waals surface area contributed by atoms with Crippen LogP contribution in [0.1, 0.15) is 68.5 Å². The van der Waals surface area contributed by atoms with Gasteiger partial charge in [-0.3, -0.25) is 20.4 Å². The zero-order valence-electron chi connectivity index (χ0n) is 17.6. The minimum atomic E-state index is -0.693. The smallest absolute Gasteiger partial charge is 0.312 e. The second-order valence-electron chi connectivity index (χ2n) is 9.81. The van der Waals surface area contributed by atoms with Gasteiger partial charge in [-0.25, -0.2) is 4.79 Å². The summed E-state index contributed by atoms with van der Waals surface area (Å²) >= 11 is 0. The highest BCUT2D eigenvalue weighted by Gasteiger charge is 2.51. The van der Waals surface area contributed by atoms with Gasteiger partial charge in [0.2, 0.25) is 11.8 Å². The highest BCUT2D eigenvalue weighted by Crippen LogP contribution is 2.61. The van der Waals surface area contributed by atoms with Crippen molar-refractivity contribution < 1.29 is 14.4 Å². The van der Waals surface area contributed by atoms with Gasteiger partial charge >= 0.3 is 6.03 Å². The summed E-state index contributed by atoms with van der Waals surface area (Å²) in [7, 11) is 0. The summed E-state index contributed by atoms with van der Waals surface area (Å²) in [6, 6.07) is 6.27. The van der Waals surface area contributed by atoms with Crippen LogP contribution >= 0.6 is 0 Å². The van der Waals surface area contributed by atoms with E-state index in [9.17, 15) is 14.4 Å². The molecule has 4 aliphatic rings. The van der Waals surface area contributed by atoms with Gasteiger partial charge < -0.3 is 11.1 Å². The zero-order chi connectivity index (χ0) is 21.3. The molecule has 0 aliphatic heterocycles. The van der Waals surface area contributed by atoms with Gasteiger partial charge in [-0.2, -0.15) is 0 Å². The molecule has 1 atom stereocenters. The Morgan fingerprint density at radius 2 is 1.57 bits per heavy atom. The summed E-state index contributed by atoms with van der Waals surface area (Å²) in [6.45, 7) is 1.91. The van der Waals surface area contributed by atoms with Gasteiger partial charge in [-0.1, -0.05) is 24.3 Å². The van der Waals surface area contributed by atoms with E-state index < -0.39 is 12.1 Å². The molecule has 1 unspecified atom stereocenters. The van der Waals surface area contributed by atoms with Crippen LogP contribution in [0.5, 0.6) is 0 Å². The maximum absolute atomic E-state index is 12.6. The standard InChI is InChI=1S/C23H32N4O3/c1-14-4-2-3-5-18(14)19(25-22(24)30)9-20(28)26-27-21(29)13-23-10-15-6-16(11-23)8-17(7-15)12-23/h2-5,15-17,19H,6-13H2,1H3,(H,26,28)(H,27,29)(H3,24,25,30). The van der Waals surface area contributed by atoms with Crippen molar-refractivity contribution in [2.24, 2.45) is 28.9 Å². The molecule has 0 saturated heterocycles. The third kappa shape index (κ3) is 4.60. The summed E-state index contributed by atoms with van der Waals surface area (Å²) < 4.78 is 0. The van der Waals surface area contributed by atoms with Crippen LogP contribution in [0.4, 0.5) is 4.79 Å². The topological polar surface area (TPSA) is 113 Å². The van der Waals surface area contributed by atoms with E-state index in [0.29, 0.717) is 6.42 Å². The lowest BCUT2D eigenvalue weighted by molar-refractivity contribution is -0.134. The lowest BCUT2D eigenvalue weighted by Crippen LogP contribution is -2.50. The molecule has 4 amide bonds. The van der Waals surface area contributed by atoms with Crippen molar-refractivity contribution in [1.82, 2.24) is 16.2 Å². The van der Waals surface area contributed by atoms with Crippen molar-refractivity contribution in [2.75, 3.05) is 0 Å². The van der Waals surface area contributed by atoms with Crippen molar-refractivity contribution in [3.63, 3.8) is 0 Å². The number of urea groups is 1. The zero-order valence-corrected chi connectivity index (χ0v) is 17.6. The van der Waals surface area contributed by atoms with Crippen molar-refractivity contribution in [3.05, 3.63) is 35.4 Å². The molecule has 5 N–H and O–H groups in total. The summed E-state index contributed by atoms with van der Waals surface area (Å²) in [4.78, 5) is 36.5. The first-order chi connectivity index (χ1) is 14.3.